The number of hydrogen-bond acceptors (Lipinski definition) is 5. The summed E-state index contributed by atoms with van der Waals surface area (Å²) in [6.45, 7) is 4.55. The SMILES string of the molecule is CCC(CC1CCc2sc3ncnc(OC4CCC(C)CC4)c3c21)OC. The van der Waals surface area contributed by atoms with Gasteiger partial charge in [0.1, 0.15) is 17.3 Å². The van der Waals surface area contributed by atoms with Crippen LogP contribution < -0.4 is 4.74 Å². The molecule has 0 aliphatic heterocycles. The van der Waals surface area contributed by atoms with Gasteiger partial charge in [0.2, 0.25) is 5.88 Å². The van der Waals surface area contributed by atoms with Crippen LogP contribution in [0.2, 0.25) is 0 Å². The molecule has 5 heteroatoms. The third-order valence-corrected chi connectivity index (χ3v) is 7.45. The summed E-state index contributed by atoms with van der Waals surface area (Å²) in [6.07, 6.45) is 11.6. The molecule has 2 atom stereocenters. The largest absolute Gasteiger partial charge is 0.474 e. The van der Waals surface area contributed by atoms with Gasteiger partial charge in [0.05, 0.1) is 11.5 Å². The second-order valence-electron chi connectivity index (χ2n) is 8.03. The Morgan fingerprint density at radius 1 is 1.19 bits per heavy atom. The van der Waals surface area contributed by atoms with Crippen LogP contribution in [0.15, 0.2) is 6.33 Å². The highest BCUT2D eigenvalue weighted by atomic mass is 32.1. The highest BCUT2D eigenvalue weighted by Crippen LogP contribution is 2.48. The smallest absolute Gasteiger partial charge is 0.225 e. The first kappa shape index (κ1) is 18.2. The number of fused-ring (bicyclic) bond motifs is 3. The number of rotatable bonds is 6. The van der Waals surface area contributed by atoms with Crippen molar-refractivity contribution in [3.8, 4) is 5.88 Å². The first-order chi connectivity index (χ1) is 12.7. The monoisotopic (exact) mass is 374 g/mol. The highest BCUT2D eigenvalue weighted by molar-refractivity contribution is 7.19. The van der Waals surface area contributed by atoms with E-state index in [0.29, 0.717) is 18.1 Å². The van der Waals surface area contributed by atoms with E-state index in [1.54, 1.807) is 6.33 Å². The average molecular weight is 375 g/mol. The van der Waals surface area contributed by atoms with Gasteiger partial charge >= 0.3 is 0 Å². The molecule has 0 bridgehead atoms. The number of thiophene rings is 1. The fourth-order valence-electron chi connectivity index (χ4n) is 4.62. The van der Waals surface area contributed by atoms with Gasteiger partial charge in [0.15, 0.2) is 0 Å². The number of aromatic nitrogens is 2. The number of ether oxygens (including phenoxy) is 2. The molecule has 2 heterocycles. The van der Waals surface area contributed by atoms with Crippen molar-refractivity contribution >= 4 is 21.6 Å². The summed E-state index contributed by atoms with van der Waals surface area (Å²) in [5.74, 6) is 2.20. The molecule has 142 valence electrons. The van der Waals surface area contributed by atoms with Crippen LogP contribution in [0.1, 0.15) is 75.2 Å². The van der Waals surface area contributed by atoms with Gasteiger partial charge in [-0.05, 0) is 68.8 Å². The average Bonchev–Trinajstić information content (AvgIpc) is 3.21. The molecule has 4 rings (SSSR count). The van der Waals surface area contributed by atoms with E-state index in [2.05, 4.69) is 23.8 Å². The third kappa shape index (κ3) is 3.48. The molecule has 2 unspecified atom stereocenters. The van der Waals surface area contributed by atoms with E-state index in [1.807, 2.05) is 18.4 Å². The van der Waals surface area contributed by atoms with E-state index in [4.69, 9.17) is 9.47 Å². The van der Waals surface area contributed by atoms with E-state index >= 15 is 0 Å². The van der Waals surface area contributed by atoms with Gasteiger partial charge in [-0.3, -0.25) is 0 Å². The molecule has 1 fully saturated rings. The zero-order valence-electron chi connectivity index (χ0n) is 16.2. The van der Waals surface area contributed by atoms with Crippen molar-refractivity contribution in [1.82, 2.24) is 9.97 Å². The van der Waals surface area contributed by atoms with Crippen LogP contribution in [-0.4, -0.2) is 29.3 Å². The van der Waals surface area contributed by atoms with Gasteiger partial charge in [0.25, 0.3) is 0 Å². The van der Waals surface area contributed by atoms with Crippen LogP contribution in [0.25, 0.3) is 10.2 Å². The number of nitrogens with zero attached hydrogens (tertiary/aromatic N) is 2. The van der Waals surface area contributed by atoms with Crippen molar-refractivity contribution in [1.29, 1.82) is 0 Å². The maximum Gasteiger partial charge on any atom is 0.225 e. The molecule has 0 N–H and O–H groups in total. The van der Waals surface area contributed by atoms with E-state index in [9.17, 15) is 0 Å². The Balaban J connectivity index is 1.63. The number of methoxy groups -OCH3 is 1. The maximum atomic E-state index is 6.43. The summed E-state index contributed by atoms with van der Waals surface area (Å²) in [7, 11) is 1.83. The Bertz CT molecular complexity index is 748. The molecule has 0 radical (unpaired) electrons. The molecular weight excluding hydrogens is 344 g/mol. The second-order valence-corrected chi connectivity index (χ2v) is 9.12. The Labute approximate surface area is 160 Å². The van der Waals surface area contributed by atoms with Gasteiger partial charge in [-0.2, -0.15) is 0 Å². The molecule has 2 aliphatic rings. The number of aryl methyl sites for hydroxylation is 1. The van der Waals surface area contributed by atoms with Crippen molar-refractivity contribution in [3.63, 3.8) is 0 Å². The maximum absolute atomic E-state index is 6.43. The molecule has 0 amide bonds. The Morgan fingerprint density at radius 2 is 2.00 bits per heavy atom. The lowest BCUT2D eigenvalue weighted by Gasteiger charge is -2.26. The van der Waals surface area contributed by atoms with Crippen LogP contribution in [0.3, 0.4) is 0 Å². The molecule has 0 saturated heterocycles. The van der Waals surface area contributed by atoms with E-state index in [0.717, 1.165) is 48.7 Å². The molecule has 2 aromatic rings. The van der Waals surface area contributed by atoms with Gasteiger partial charge in [-0.1, -0.05) is 13.8 Å². The molecule has 4 nitrogen and oxygen atoms in total. The quantitative estimate of drug-likeness (QED) is 0.670. The zero-order valence-corrected chi connectivity index (χ0v) is 17.0. The lowest BCUT2D eigenvalue weighted by atomic mass is 9.89. The Morgan fingerprint density at radius 3 is 2.73 bits per heavy atom. The van der Waals surface area contributed by atoms with Crippen molar-refractivity contribution in [2.45, 2.75) is 83.3 Å². The lowest BCUT2D eigenvalue weighted by Crippen LogP contribution is -2.23. The summed E-state index contributed by atoms with van der Waals surface area (Å²) in [5.41, 5.74) is 1.46. The Hall–Kier alpha value is -1.20. The highest BCUT2D eigenvalue weighted by Gasteiger charge is 2.32. The van der Waals surface area contributed by atoms with E-state index < -0.39 is 0 Å². The summed E-state index contributed by atoms with van der Waals surface area (Å²) >= 11 is 1.84. The molecule has 2 aromatic heterocycles. The molecule has 0 spiro atoms. The topological polar surface area (TPSA) is 44.2 Å². The van der Waals surface area contributed by atoms with Crippen molar-refractivity contribution < 1.29 is 9.47 Å². The summed E-state index contributed by atoms with van der Waals surface area (Å²) in [6, 6.07) is 0. The van der Waals surface area contributed by atoms with Crippen molar-refractivity contribution in [2.75, 3.05) is 7.11 Å². The molecule has 0 aromatic carbocycles. The van der Waals surface area contributed by atoms with Gasteiger partial charge in [0, 0.05) is 12.0 Å². The van der Waals surface area contributed by atoms with Crippen LogP contribution in [0, 0.1) is 5.92 Å². The van der Waals surface area contributed by atoms with Crippen LogP contribution in [0.5, 0.6) is 5.88 Å². The predicted octanol–water partition coefficient (Wildman–Crippen LogP) is 5.49. The van der Waals surface area contributed by atoms with Crippen LogP contribution >= 0.6 is 11.3 Å². The minimum Gasteiger partial charge on any atom is -0.474 e. The normalized spacial score (nSPS) is 26.8. The standard InChI is InChI=1S/C21H30N2O2S/c1-4-15(24-3)11-14-7-10-17-18(14)19-20(22-12-23-21(19)26-17)25-16-8-5-13(2)6-9-16/h12-16H,4-11H2,1-3H3. The summed E-state index contributed by atoms with van der Waals surface area (Å²) in [4.78, 5) is 11.7. The minimum absolute atomic E-state index is 0.307. The summed E-state index contributed by atoms with van der Waals surface area (Å²) < 4.78 is 12.1. The zero-order chi connectivity index (χ0) is 18.1. The minimum atomic E-state index is 0.307. The van der Waals surface area contributed by atoms with E-state index in [-0.39, 0.29) is 0 Å². The van der Waals surface area contributed by atoms with Gasteiger partial charge in [-0.15, -0.1) is 11.3 Å². The van der Waals surface area contributed by atoms with Crippen molar-refractivity contribution in [3.05, 3.63) is 16.8 Å². The lowest BCUT2D eigenvalue weighted by molar-refractivity contribution is 0.0857. The molecule has 2 aliphatic carbocycles. The van der Waals surface area contributed by atoms with Crippen LogP contribution in [-0.2, 0) is 11.2 Å². The van der Waals surface area contributed by atoms with Crippen LogP contribution in [0.4, 0.5) is 0 Å². The van der Waals surface area contributed by atoms with Crippen molar-refractivity contribution in [2.24, 2.45) is 5.92 Å². The van der Waals surface area contributed by atoms with Gasteiger partial charge in [-0.25, -0.2) is 9.97 Å². The molecule has 26 heavy (non-hydrogen) atoms. The fraction of sp³-hybridized carbons (Fsp3) is 0.714. The predicted molar refractivity (Wildman–Crippen MR) is 106 cm³/mol. The summed E-state index contributed by atoms with van der Waals surface area (Å²) in [5, 5.41) is 1.19. The fourth-order valence-corrected chi connectivity index (χ4v) is 5.85. The van der Waals surface area contributed by atoms with Gasteiger partial charge < -0.3 is 9.47 Å². The first-order valence-electron chi connectivity index (χ1n) is 10.1. The first-order valence-corrected chi connectivity index (χ1v) is 11.0. The molecular formula is C21H30N2O2S. The number of hydrogen-bond donors (Lipinski definition) is 0. The second kappa shape index (κ2) is 7.81. The third-order valence-electron chi connectivity index (χ3n) is 6.27. The Kier molecular flexibility index (Phi) is 5.46. The van der Waals surface area contributed by atoms with E-state index in [1.165, 1.54) is 35.1 Å². The molecule has 1 saturated carbocycles.